The molecule has 1 unspecified atom stereocenters. The number of hydrogen-bond acceptors (Lipinski definition) is 3. The molecule has 1 aliphatic rings. The smallest absolute Gasteiger partial charge is 0.243 e. The molecule has 100 valence electrons. The Morgan fingerprint density at radius 3 is 2.76 bits per heavy atom. The van der Waals surface area contributed by atoms with Gasteiger partial charge in [0.15, 0.2) is 5.96 Å². The molecule has 0 spiro atoms. The number of aliphatic imine (C=N–C) groups is 1. The van der Waals surface area contributed by atoms with Crippen molar-refractivity contribution in [1.82, 2.24) is 9.80 Å². The molecule has 1 amide bonds. The Kier molecular flexibility index (Phi) is 7.44. The van der Waals surface area contributed by atoms with Gasteiger partial charge in [-0.25, -0.2) is 4.99 Å². The fraction of sp³-hybridized carbons (Fsp3) is 0.800. The third kappa shape index (κ3) is 5.53. The van der Waals surface area contributed by atoms with Crippen molar-refractivity contribution in [3.8, 4) is 0 Å². The minimum atomic E-state index is -0.0516. The molecule has 0 aromatic rings. The van der Waals surface area contributed by atoms with Crippen molar-refractivity contribution in [2.45, 2.75) is 13.0 Å². The molecule has 0 aliphatic carbocycles. The van der Waals surface area contributed by atoms with Gasteiger partial charge in [0.05, 0.1) is 12.7 Å². The van der Waals surface area contributed by atoms with E-state index in [0.29, 0.717) is 12.6 Å². The summed E-state index contributed by atoms with van der Waals surface area (Å²) >= 11 is 0. The van der Waals surface area contributed by atoms with Crippen molar-refractivity contribution in [3.63, 3.8) is 0 Å². The van der Waals surface area contributed by atoms with E-state index in [1.165, 1.54) is 4.90 Å². The number of carbonyl (C=O) groups excluding carboxylic acids is 1. The van der Waals surface area contributed by atoms with Crippen molar-refractivity contribution >= 4 is 35.8 Å². The lowest BCUT2D eigenvalue weighted by Crippen LogP contribution is -2.48. The van der Waals surface area contributed by atoms with Crippen LogP contribution < -0.4 is 5.73 Å². The van der Waals surface area contributed by atoms with E-state index in [0.717, 1.165) is 13.1 Å². The molecule has 0 saturated carbocycles. The summed E-state index contributed by atoms with van der Waals surface area (Å²) in [5.41, 5.74) is 5.81. The summed E-state index contributed by atoms with van der Waals surface area (Å²) in [6.45, 7) is 4.20. The molecular weight excluding hydrogens is 335 g/mol. The van der Waals surface area contributed by atoms with Crippen LogP contribution >= 0.6 is 24.0 Å². The second-order valence-electron chi connectivity index (χ2n) is 4.09. The third-order valence-electron chi connectivity index (χ3n) is 2.44. The fourth-order valence-electron chi connectivity index (χ4n) is 1.42. The number of morpholine rings is 1. The molecular formula is C10H21IN4O2. The molecule has 1 saturated heterocycles. The maximum Gasteiger partial charge on any atom is 0.243 e. The number of nitrogens with zero attached hydrogens (tertiary/aromatic N) is 3. The maximum atomic E-state index is 11.3. The average Bonchev–Trinajstić information content (AvgIpc) is 2.25. The molecule has 0 aromatic heterocycles. The van der Waals surface area contributed by atoms with Gasteiger partial charge in [-0.1, -0.05) is 0 Å². The summed E-state index contributed by atoms with van der Waals surface area (Å²) in [5.74, 6) is 0.370. The van der Waals surface area contributed by atoms with Crippen molar-refractivity contribution in [2.75, 3.05) is 40.3 Å². The first kappa shape index (κ1) is 16.4. The minimum Gasteiger partial charge on any atom is -0.375 e. The number of carbonyl (C=O) groups is 1. The van der Waals surface area contributed by atoms with Crippen molar-refractivity contribution < 1.29 is 9.53 Å². The standard InChI is InChI=1S/C10H20N4O2.HI/c1-8-7-14(4-5-16-8)10(11)12-6-9(15)13(2)3;/h8H,4-7H2,1-3H3,(H2,11,12);1H. The molecule has 0 aromatic carbocycles. The molecule has 17 heavy (non-hydrogen) atoms. The lowest BCUT2D eigenvalue weighted by Gasteiger charge is -2.31. The quantitative estimate of drug-likeness (QED) is 0.420. The van der Waals surface area contributed by atoms with E-state index in [1.54, 1.807) is 14.1 Å². The average molecular weight is 356 g/mol. The van der Waals surface area contributed by atoms with Gasteiger partial charge in [0, 0.05) is 27.2 Å². The van der Waals surface area contributed by atoms with Crippen LogP contribution in [0.5, 0.6) is 0 Å². The molecule has 1 aliphatic heterocycles. The van der Waals surface area contributed by atoms with E-state index in [9.17, 15) is 4.79 Å². The molecule has 6 nitrogen and oxygen atoms in total. The first-order valence-corrected chi connectivity index (χ1v) is 5.37. The third-order valence-corrected chi connectivity index (χ3v) is 2.44. The minimum absolute atomic E-state index is 0. The van der Waals surface area contributed by atoms with Gasteiger partial charge >= 0.3 is 0 Å². The van der Waals surface area contributed by atoms with Gasteiger partial charge in [-0.2, -0.15) is 0 Å². The predicted molar refractivity (Wildman–Crippen MR) is 77.6 cm³/mol. The van der Waals surface area contributed by atoms with Gasteiger partial charge in [0.2, 0.25) is 5.91 Å². The normalized spacial score (nSPS) is 20.8. The highest BCUT2D eigenvalue weighted by Gasteiger charge is 2.18. The van der Waals surface area contributed by atoms with E-state index in [-0.39, 0.29) is 42.5 Å². The van der Waals surface area contributed by atoms with Gasteiger partial charge in [-0.05, 0) is 6.92 Å². The second kappa shape index (κ2) is 7.70. The SMILES string of the molecule is CC1CN(C(N)=NCC(=O)N(C)C)CCO1.I. The number of guanidine groups is 1. The van der Waals surface area contributed by atoms with Crippen LogP contribution in [-0.2, 0) is 9.53 Å². The van der Waals surface area contributed by atoms with Crippen LogP contribution in [0.4, 0.5) is 0 Å². The highest BCUT2D eigenvalue weighted by atomic mass is 127. The molecule has 0 bridgehead atoms. The zero-order chi connectivity index (χ0) is 12.1. The van der Waals surface area contributed by atoms with Crippen molar-refractivity contribution in [2.24, 2.45) is 10.7 Å². The highest BCUT2D eigenvalue weighted by molar-refractivity contribution is 14.0. The van der Waals surface area contributed by atoms with E-state index in [4.69, 9.17) is 10.5 Å². The number of halogens is 1. The van der Waals surface area contributed by atoms with E-state index in [2.05, 4.69) is 4.99 Å². The molecule has 2 N–H and O–H groups in total. The predicted octanol–water partition coefficient (Wildman–Crippen LogP) is -0.272. The second-order valence-corrected chi connectivity index (χ2v) is 4.09. The summed E-state index contributed by atoms with van der Waals surface area (Å²) in [6.07, 6.45) is 0.159. The Hall–Kier alpha value is -0.570. The van der Waals surface area contributed by atoms with Gasteiger partial charge in [-0.3, -0.25) is 4.79 Å². The Morgan fingerprint density at radius 1 is 1.59 bits per heavy atom. The molecule has 0 radical (unpaired) electrons. The number of likely N-dealkylation sites (N-methyl/N-ethyl adjacent to an activating group) is 1. The Bertz CT molecular complexity index is 283. The highest BCUT2D eigenvalue weighted by Crippen LogP contribution is 2.03. The summed E-state index contributed by atoms with van der Waals surface area (Å²) in [4.78, 5) is 18.8. The Labute approximate surface area is 119 Å². The Morgan fingerprint density at radius 2 is 2.24 bits per heavy atom. The van der Waals surface area contributed by atoms with Crippen LogP contribution in [0.25, 0.3) is 0 Å². The van der Waals surface area contributed by atoms with E-state index in [1.807, 2.05) is 11.8 Å². The van der Waals surface area contributed by atoms with Crippen LogP contribution in [0, 0.1) is 0 Å². The number of rotatable bonds is 2. The topological polar surface area (TPSA) is 71.2 Å². The van der Waals surface area contributed by atoms with Crippen LogP contribution in [0.2, 0.25) is 0 Å². The molecule has 1 atom stereocenters. The van der Waals surface area contributed by atoms with Crippen molar-refractivity contribution in [1.29, 1.82) is 0 Å². The summed E-state index contributed by atoms with van der Waals surface area (Å²) in [5, 5.41) is 0. The Balaban J connectivity index is 0.00000256. The van der Waals surface area contributed by atoms with Crippen molar-refractivity contribution in [3.05, 3.63) is 0 Å². The number of amides is 1. The molecule has 1 rings (SSSR count). The first-order valence-electron chi connectivity index (χ1n) is 5.37. The monoisotopic (exact) mass is 356 g/mol. The number of nitrogens with two attached hydrogens (primary N) is 1. The summed E-state index contributed by atoms with van der Waals surface area (Å²) in [7, 11) is 3.40. The lowest BCUT2D eigenvalue weighted by atomic mass is 10.3. The van der Waals surface area contributed by atoms with Gasteiger partial charge < -0.3 is 20.3 Å². The van der Waals surface area contributed by atoms with E-state index < -0.39 is 0 Å². The molecule has 7 heteroatoms. The lowest BCUT2D eigenvalue weighted by molar-refractivity contribution is -0.127. The molecule has 1 heterocycles. The zero-order valence-corrected chi connectivity index (χ0v) is 12.9. The molecule has 1 fully saturated rings. The van der Waals surface area contributed by atoms with Gasteiger partial charge in [-0.15, -0.1) is 24.0 Å². The van der Waals surface area contributed by atoms with E-state index >= 15 is 0 Å². The van der Waals surface area contributed by atoms with Crippen LogP contribution in [0.15, 0.2) is 4.99 Å². The largest absolute Gasteiger partial charge is 0.375 e. The summed E-state index contributed by atoms with van der Waals surface area (Å²) in [6, 6.07) is 0. The van der Waals surface area contributed by atoms with Gasteiger partial charge in [0.1, 0.15) is 6.54 Å². The van der Waals surface area contributed by atoms with Crippen LogP contribution in [0.1, 0.15) is 6.92 Å². The van der Waals surface area contributed by atoms with Gasteiger partial charge in [0.25, 0.3) is 0 Å². The maximum absolute atomic E-state index is 11.3. The summed E-state index contributed by atoms with van der Waals surface area (Å²) < 4.78 is 5.39. The first-order chi connectivity index (χ1) is 7.50. The van der Waals surface area contributed by atoms with Crippen LogP contribution in [-0.4, -0.2) is 68.1 Å². The number of hydrogen-bond donors (Lipinski definition) is 1. The number of ether oxygens (including phenoxy) is 1. The fourth-order valence-corrected chi connectivity index (χ4v) is 1.42. The van der Waals surface area contributed by atoms with Crippen LogP contribution in [0.3, 0.4) is 0 Å². The zero-order valence-electron chi connectivity index (χ0n) is 10.5.